The van der Waals surface area contributed by atoms with Crippen molar-refractivity contribution in [1.82, 2.24) is 0 Å². The highest BCUT2D eigenvalue weighted by molar-refractivity contribution is 5.71. The van der Waals surface area contributed by atoms with E-state index in [4.69, 9.17) is 14.2 Å². The lowest BCUT2D eigenvalue weighted by Gasteiger charge is -2.18. The first-order valence-corrected chi connectivity index (χ1v) is 33.2. The van der Waals surface area contributed by atoms with Crippen molar-refractivity contribution in [3.8, 4) is 0 Å². The van der Waals surface area contributed by atoms with Crippen LogP contribution in [0.15, 0.2) is 97.2 Å². The average molecular weight is 1090 g/mol. The van der Waals surface area contributed by atoms with Crippen LogP contribution in [0.25, 0.3) is 0 Å². The number of hydrogen-bond acceptors (Lipinski definition) is 6. The van der Waals surface area contributed by atoms with Crippen molar-refractivity contribution in [1.29, 1.82) is 0 Å². The van der Waals surface area contributed by atoms with Gasteiger partial charge in [0, 0.05) is 19.3 Å². The lowest BCUT2D eigenvalue weighted by atomic mass is 10.1. The number of carbonyl (C=O) groups excluding carboxylic acids is 3. The maximum Gasteiger partial charge on any atom is 0.306 e. The van der Waals surface area contributed by atoms with Crippen molar-refractivity contribution in [3.05, 3.63) is 97.2 Å². The number of unbranched alkanes of at least 4 members (excludes halogenated alkanes) is 33. The van der Waals surface area contributed by atoms with Gasteiger partial charge in [-0.1, -0.05) is 279 Å². The molecule has 0 bridgehead atoms. The lowest BCUT2D eigenvalue weighted by molar-refractivity contribution is -0.167. The minimum atomic E-state index is -0.790. The van der Waals surface area contributed by atoms with Gasteiger partial charge in [-0.05, 0) is 122 Å². The molecule has 78 heavy (non-hydrogen) atoms. The van der Waals surface area contributed by atoms with Crippen LogP contribution >= 0.6 is 0 Å². The summed E-state index contributed by atoms with van der Waals surface area (Å²) in [5.41, 5.74) is 0. The molecule has 0 heterocycles. The highest BCUT2D eigenvalue weighted by atomic mass is 16.6. The van der Waals surface area contributed by atoms with Gasteiger partial charge in [0.1, 0.15) is 13.2 Å². The van der Waals surface area contributed by atoms with Crippen LogP contribution in [-0.2, 0) is 28.6 Å². The zero-order chi connectivity index (χ0) is 56.4. The second-order valence-electron chi connectivity index (χ2n) is 22.0. The summed E-state index contributed by atoms with van der Waals surface area (Å²) in [7, 11) is 0. The van der Waals surface area contributed by atoms with E-state index in [-0.39, 0.29) is 31.1 Å². The van der Waals surface area contributed by atoms with Crippen LogP contribution in [0.5, 0.6) is 0 Å². The van der Waals surface area contributed by atoms with E-state index in [1.54, 1.807) is 0 Å². The van der Waals surface area contributed by atoms with E-state index in [0.29, 0.717) is 19.3 Å². The molecule has 0 fully saturated rings. The molecular formula is C72H124O6. The molecule has 1 unspecified atom stereocenters. The number of rotatable bonds is 60. The third-order valence-corrected chi connectivity index (χ3v) is 14.3. The second-order valence-corrected chi connectivity index (χ2v) is 22.0. The van der Waals surface area contributed by atoms with E-state index in [0.717, 1.165) is 109 Å². The van der Waals surface area contributed by atoms with E-state index in [1.807, 2.05) is 0 Å². The standard InChI is InChI=1S/C72H124O6/c1-4-7-10-13-16-19-22-25-28-31-33-35-36-38-39-41-44-47-50-53-56-59-62-65-71(74)77-68-69(67-76-70(73)64-61-58-55-52-49-46-43-30-27-24-21-18-15-12-9-6-3)78-72(75)66-63-60-57-54-51-48-45-42-40-37-34-32-29-26-23-20-17-14-11-8-5-2/h7,10,16,19,21,23-26,28,30,32-35,43,69H,4-6,8-9,11-15,17-18,20,22,27,29,31,36-42,44-68H2,1-3H3/b10-7-,19-16-,24-21-,26-23-,28-25-,34-32-,35-33-,43-30-. The van der Waals surface area contributed by atoms with Crippen LogP contribution in [0.4, 0.5) is 0 Å². The normalized spacial score (nSPS) is 12.7. The predicted octanol–water partition coefficient (Wildman–Crippen LogP) is 22.8. The van der Waals surface area contributed by atoms with Crippen molar-refractivity contribution >= 4 is 17.9 Å². The van der Waals surface area contributed by atoms with Gasteiger partial charge in [-0.2, -0.15) is 0 Å². The summed E-state index contributed by atoms with van der Waals surface area (Å²) in [4.78, 5) is 38.4. The van der Waals surface area contributed by atoms with Gasteiger partial charge in [-0.3, -0.25) is 14.4 Å². The van der Waals surface area contributed by atoms with Crippen molar-refractivity contribution in [3.63, 3.8) is 0 Å². The number of hydrogen-bond donors (Lipinski definition) is 0. The molecule has 0 saturated heterocycles. The number of ether oxygens (including phenoxy) is 3. The van der Waals surface area contributed by atoms with E-state index in [1.165, 1.54) is 173 Å². The Kier molecular flexibility index (Phi) is 62.7. The van der Waals surface area contributed by atoms with Crippen LogP contribution in [0.3, 0.4) is 0 Å². The monoisotopic (exact) mass is 1080 g/mol. The van der Waals surface area contributed by atoms with Crippen molar-refractivity contribution in [2.45, 2.75) is 329 Å². The molecule has 0 spiro atoms. The summed E-state index contributed by atoms with van der Waals surface area (Å²) in [5, 5.41) is 0. The maximum absolute atomic E-state index is 12.9. The van der Waals surface area contributed by atoms with E-state index in [2.05, 4.69) is 118 Å². The molecule has 0 aromatic carbocycles. The summed E-state index contributed by atoms with van der Waals surface area (Å²) in [6, 6.07) is 0. The van der Waals surface area contributed by atoms with Crippen molar-refractivity contribution in [2.24, 2.45) is 0 Å². The Balaban J connectivity index is 4.39. The van der Waals surface area contributed by atoms with E-state index in [9.17, 15) is 14.4 Å². The van der Waals surface area contributed by atoms with Crippen molar-refractivity contribution in [2.75, 3.05) is 13.2 Å². The zero-order valence-corrected chi connectivity index (χ0v) is 51.4. The van der Waals surface area contributed by atoms with Gasteiger partial charge in [0.25, 0.3) is 0 Å². The third kappa shape index (κ3) is 63.2. The molecule has 0 aliphatic rings. The van der Waals surface area contributed by atoms with Gasteiger partial charge in [-0.25, -0.2) is 0 Å². The van der Waals surface area contributed by atoms with Gasteiger partial charge in [0.2, 0.25) is 0 Å². The van der Waals surface area contributed by atoms with Crippen LogP contribution in [0, 0.1) is 0 Å². The largest absolute Gasteiger partial charge is 0.462 e. The predicted molar refractivity (Wildman–Crippen MR) is 339 cm³/mol. The highest BCUT2D eigenvalue weighted by Gasteiger charge is 2.19. The van der Waals surface area contributed by atoms with E-state index >= 15 is 0 Å². The minimum absolute atomic E-state index is 0.0853. The fourth-order valence-electron chi connectivity index (χ4n) is 9.32. The smallest absolute Gasteiger partial charge is 0.306 e. The Morgan fingerprint density at radius 3 is 0.795 bits per heavy atom. The molecule has 0 N–H and O–H groups in total. The minimum Gasteiger partial charge on any atom is -0.462 e. The molecule has 0 aromatic rings. The molecule has 0 aliphatic heterocycles. The van der Waals surface area contributed by atoms with Crippen molar-refractivity contribution < 1.29 is 28.6 Å². The Bertz CT molecular complexity index is 1530. The average Bonchev–Trinajstić information content (AvgIpc) is 3.44. The quantitative estimate of drug-likeness (QED) is 0.0261. The van der Waals surface area contributed by atoms with Crippen LogP contribution in [0.2, 0.25) is 0 Å². The summed E-state index contributed by atoms with van der Waals surface area (Å²) >= 11 is 0. The topological polar surface area (TPSA) is 78.9 Å². The number of allylic oxidation sites excluding steroid dienone is 16. The fraction of sp³-hybridized carbons (Fsp3) is 0.736. The zero-order valence-electron chi connectivity index (χ0n) is 51.4. The molecule has 0 amide bonds. The molecule has 0 radical (unpaired) electrons. The molecule has 6 nitrogen and oxygen atoms in total. The summed E-state index contributed by atoms with van der Waals surface area (Å²) in [6.07, 6.45) is 88.4. The van der Waals surface area contributed by atoms with Gasteiger partial charge >= 0.3 is 17.9 Å². The molecule has 0 rings (SSSR count). The molecule has 6 heteroatoms. The van der Waals surface area contributed by atoms with Crippen LogP contribution in [-0.4, -0.2) is 37.2 Å². The highest BCUT2D eigenvalue weighted by Crippen LogP contribution is 2.16. The van der Waals surface area contributed by atoms with Crippen LogP contribution in [0.1, 0.15) is 323 Å². The Morgan fingerprint density at radius 2 is 0.500 bits per heavy atom. The van der Waals surface area contributed by atoms with Crippen LogP contribution < -0.4 is 0 Å². The number of esters is 3. The first-order chi connectivity index (χ1) is 38.5. The van der Waals surface area contributed by atoms with Gasteiger partial charge in [0.05, 0.1) is 0 Å². The molecule has 0 saturated carbocycles. The SMILES string of the molecule is CC/C=C\C/C=C\C/C=C\C/C=C\CCCCCCCCCCCCC(=O)OCC(COC(=O)CCCCCCC/C=C\C/C=C\CCCCCC)OC(=O)CCCCCCCCCCC/C=C\C/C=C\CCCCCCC. The molecule has 0 aliphatic carbocycles. The fourth-order valence-corrected chi connectivity index (χ4v) is 9.32. The molecular weight excluding hydrogens is 961 g/mol. The second kappa shape index (κ2) is 65.8. The molecule has 1 atom stereocenters. The molecule has 448 valence electrons. The van der Waals surface area contributed by atoms with Gasteiger partial charge < -0.3 is 14.2 Å². The summed E-state index contributed by atoms with van der Waals surface area (Å²) in [6.45, 7) is 6.51. The van der Waals surface area contributed by atoms with Gasteiger partial charge in [-0.15, -0.1) is 0 Å². The first kappa shape index (κ1) is 74.3. The Labute approximate surface area is 483 Å². The Morgan fingerprint density at radius 1 is 0.269 bits per heavy atom. The summed E-state index contributed by atoms with van der Waals surface area (Å²) < 4.78 is 17.0. The maximum atomic E-state index is 12.9. The first-order valence-electron chi connectivity index (χ1n) is 33.2. The third-order valence-electron chi connectivity index (χ3n) is 14.3. The van der Waals surface area contributed by atoms with E-state index < -0.39 is 6.10 Å². The van der Waals surface area contributed by atoms with Gasteiger partial charge in [0.15, 0.2) is 6.10 Å². The molecule has 0 aromatic heterocycles. The summed E-state index contributed by atoms with van der Waals surface area (Å²) in [5.74, 6) is -0.895. The lowest BCUT2D eigenvalue weighted by Crippen LogP contribution is -2.30. The Hall–Kier alpha value is -3.67. The number of carbonyl (C=O) groups is 3.